The van der Waals surface area contributed by atoms with Crippen LogP contribution in [-0.4, -0.2) is 34.6 Å². The number of aromatic hydroxyl groups is 2. The maximum atomic E-state index is 10.3. The van der Waals surface area contributed by atoms with Crippen molar-refractivity contribution in [3.63, 3.8) is 0 Å². The second kappa shape index (κ2) is 8.00. The van der Waals surface area contributed by atoms with Crippen LogP contribution in [-0.2, 0) is 0 Å². The molecule has 0 atom stereocenters. The van der Waals surface area contributed by atoms with E-state index in [1.165, 1.54) is 12.1 Å². The molecule has 4 rings (SSSR count). The Balaban J connectivity index is 1.79. The van der Waals surface area contributed by atoms with E-state index >= 15 is 0 Å². The van der Waals surface area contributed by atoms with E-state index in [0.717, 1.165) is 22.3 Å². The minimum atomic E-state index is -0.186. The smallest absolute Gasteiger partial charge is 0.161 e. The van der Waals surface area contributed by atoms with Gasteiger partial charge in [0.2, 0.25) is 0 Å². The first-order valence-corrected chi connectivity index (χ1v) is 9.47. The van der Waals surface area contributed by atoms with Crippen LogP contribution in [0.4, 0.5) is 0 Å². The largest absolute Gasteiger partial charge is 0.507 e. The van der Waals surface area contributed by atoms with Crippen LogP contribution in [0.1, 0.15) is 0 Å². The predicted molar refractivity (Wildman–Crippen MR) is 116 cm³/mol. The maximum absolute atomic E-state index is 10.3. The molecule has 0 aliphatic carbocycles. The topological polar surface area (TPSA) is 87.6 Å². The number of hydrogen-bond donors (Lipinski definition) is 3. The number of aromatic amines is 1. The average Bonchev–Trinajstić information content (AvgIpc) is 3.25. The normalized spacial score (nSPS) is 10.8. The quantitative estimate of drug-likeness (QED) is 0.395. The van der Waals surface area contributed by atoms with Crippen molar-refractivity contribution in [2.24, 2.45) is 0 Å². The maximum Gasteiger partial charge on any atom is 0.161 e. The van der Waals surface area contributed by atoms with Gasteiger partial charge in [-0.15, -0.1) is 0 Å². The fraction of sp³-hybridized carbons (Fsp3) is 0.0870. The molecule has 0 fully saturated rings. The van der Waals surface area contributed by atoms with Gasteiger partial charge in [-0.05, 0) is 41.0 Å². The van der Waals surface area contributed by atoms with Crippen LogP contribution in [0.5, 0.6) is 23.0 Å². The number of benzene rings is 3. The van der Waals surface area contributed by atoms with Crippen LogP contribution in [0.25, 0.3) is 33.5 Å². The highest BCUT2D eigenvalue weighted by molar-refractivity contribution is 6.32. The second-order valence-corrected chi connectivity index (χ2v) is 7.04. The minimum absolute atomic E-state index is 0.0987. The summed E-state index contributed by atoms with van der Waals surface area (Å²) in [5, 5.41) is 27.2. The zero-order valence-corrected chi connectivity index (χ0v) is 17.1. The van der Waals surface area contributed by atoms with E-state index in [0.29, 0.717) is 22.8 Å². The summed E-state index contributed by atoms with van der Waals surface area (Å²) in [5.74, 6) is 1.02. The van der Waals surface area contributed by atoms with Gasteiger partial charge < -0.3 is 19.7 Å². The summed E-state index contributed by atoms with van der Waals surface area (Å²) in [5.41, 5.74) is 4.67. The molecule has 1 aromatic heterocycles. The summed E-state index contributed by atoms with van der Waals surface area (Å²) in [6.45, 7) is 0. The molecule has 0 aliphatic heterocycles. The van der Waals surface area contributed by atoms with Gasteiger partial charge in [-0.25, -0.2) is 0 Å². The van der Waals surface area contributed by atoms with Crippen LogP contribution in [0.2, 0.25) is 5.02 Å². The molecule has 152 valence electrons. The van der Waals surface area contributed by atoms with Gasteiger partial charge in [-0.2, -0.15) is 5.10 Å². The Kier molecular flexibility index (Phi) is 5.25. The second-order valence-electron chi connectivity index (χ2n) is 6.63. The van der Waals surface area contributed by atoms with Crippen molar-refractivity contribution in [2.75, 3.05) is 14.2 Å². The molecular weight excluding hydrogens is 404 g/mol. The van der Waals surface area contributed by atoms with Gasteiger partial charge in [0.15, 0.2) is 11.5 Å². The fourth-order valence-electron chi connectivity index (χ4n) is 3.34. The average molecular weight is 423 g/mol. The van der Waals surface area contributed by atoms with Gasteiger partial charge in [-0.1, -0.05) is 35.9 Å². The first-order valence-electron chi connectivity index (χ1n) is 9.10. The van der Waals surface area contributed by atoms with Crippen molar-refractivity contribution in [1.29, 1.82) is 0 Å². The van der Waals surface area contributed by atoms with E-state index in [-0.39, 0.29) is 16.5 Å². The van der Waals surface area contributed by atoms with Crippen LogP contribution in [0, 0.1) is 0 Å². The lowest BCUT2D eigenvalue weighted by atomic mass is 9.97. The third-order valence-electron chi connectivity index (χ3n) is 4.86. The minimum Gasteiger partial charge on any atom is -0.507 e. The molecule has 0 saturated heterocycles. The highest BCUT2D eigenvalue weighted by atomic mass is 35.5. The van der Waals surface area contributed by atoms with Crippen LogP contribution in [0.15, 0.2) is 60.8 Å². The van der Waals surface area contributed by atoms with Crippen molar-refractivity contribution < 1.29 is 19.7 Å². The number of phenols is 2. The lowest BCUT2D eigenvalue weighted by Gasteiger charge is -2.11. The third kappa shape index (κ3) is 3.53. The first-order chi connectivity index (χ1) is 14.5. The molecule has 3 N–H and O–H groups in total. The molecule has 0 unspecified atom stereocenters. The number of rotatable bonds is 5. The molecule has 0 bridgehead atoms. The first kappa shape index (κ1) is 19.7. The predicted octanol–water partition coefficient (Wildman–Crippen LogP) is 5.49. The zero-order valence-electron chi connectivity index (χ0n) is 16.3. The van der Waals surface area contributed by atoms with E-state index in [2.05, 4.69) is 10.2 Å². The molecule has 0 spiro atoms. The number of nitrogens with zero attached hydrogens (tertiary/aromatic N) is 1. The molecule has 6 nitrogen and oxygen atoms in total. The lowest BCUT2D eigenvalue weighted by Crippen LogP contribution is -1.91. The molecule has 0 aliphatic rings. The summed E-state index contributed by atoms with van der Waals surface area (Å²) >= 11 is 6.04. The van der Waals surface area contributed by atoms with Gasteiger partial charge in [0.1, 0.15) is 11.5 Å². The Morgan fingerprint density at radius 3 is 2.30 bits per heavy atom. The number of methoxy groups -OCH3 is 2. The summed E-state index contributed by atoms with van der Waals surface area (Å²) in [7, 11) is 3.20. The Morgan fingerprint density at radius 1 is 0.800 bits per heavy atom. The highest BCUT2D eigenvalue weighted by Crippen LogP contribution is 2.41. The number of halogens is 1. The number of aromatic nitrogens is 2. The van der Waals surface area contributed by atoms with E-state index in [1.54, 1.807) is 20.4 Å². The van der Waals surface area contributed by atoms with Crippen molar-refractivity contribution in [3.8, 4) is 56.5 Å². The van der Waals surface area contributed by atoms with Crippen molar-refractivity contribution in [3.05, 3.63) is 65.8 Å². The van der Waals surface area contributed by atoms with E-state index < -0.39 is 0 Å². The van der Waals surface area contributed by atoms with E-state index in [9.17, 15) is 10.2 Å². The van der Waals surface area contributed by atoms with Crippen LogP contribution >= 0.6 is 11.6 Å². The monoisotopic (exact) mass is 422 g/mol. The lowest BCUT2D eigenvalue weighted by molar-refractivity contribution is 0.355. The van der Waals surface area contributed by atoms with Gasteiger partial charge >= 0.3 is 0 Å². The van der Waals surface area contributed by atoms with Gasteiger partial charge in [0.05, 0.1) is 31.1 Å². The van der Waals surface area contributed by atoms with Gasteiger partial charge in [0, 0.05) is 17.2 Å². The number of H-pyrrole nitrogens is 1. The standard InChI is InChI=1S/C23H19ClN2O4/c1-29-21-7-6-14(9-22(21)30-2)13-4-3-5-15(8-13)17-12-25-26-23(17)16-10-18(24)20(28)11-19(16)27/h3-12,27-28H,1-2H3,(H,25,26). The SMILES string of the molecule is COc1ccc(-c2cccc(-c3cn[nH]c3-c3cc(Cl)c(O)cc3O)c2)cc1OC. The van der Waals surface area contributed by atoms with Crippen LogP contribution in [0.3, 0.4) is 0 Å². The molecule has 7 heteroatoms. The number of nitrogens with one attached hydrogen (secondary N) is 1. The Hall–Kier alpha value is -3.64. The Bertz CT molecular complexity index is 1220. The Labute approximate surface area is 178 Å². The molecule has 3 aromatic carbocycles. The summed E-state index contributed by atoms with van der Waals surface area (Å²) < 4.78 is 10.7. The van der Waals surface area contributed by atoms with Gasteiger partial charge in [0.25, 0.3) is 0 Å². The molecule has 1 heterocycles. The van der Waals surface area contributed by atoms with Crippen molar-refractivity contribution >= 4 is 11.6 Å². The third-order valence-corrected chi connectivity index (χ3v) is 5.17. The van der Waals surface area contributed by atoms with Crippen LogP contribution < -0.4 is 9.47 Å². The summed E-state index contributed by atoms with van der Waals surface area (Å²) in [6.07, 6.45) is 1.68. The number of ether oxygens (including phenoxy) is 2. The molecule has 0 amide bonds. The van der Waals surface area contributed by atoms with Gasteiger partial charge in [-0.3, -0.25) is 5.10 Å². The molecular formula is C23H19ClN2O4. The Morgan fingerprint density at radius 2 is 1.53 bits per heavy atom. The fourth-order valence-corrected chi connectivity index (χ4v) is 3.51. The molecule has 4 aromatic rings. The summed E-state index contributed by atoms with van der Waals surface area (Å²) in [6, 6.07) is 16.4. The van der Waals surface area contributed by atoms with Crippen molar-refractivity contribution in [2.45, 2.75) is 0 Å². The highest BCUT2D eigenvalue weighted by Gasteiger charge is 2.16. The van der Waals surface area contributed by atoms with E-state index in [4.69, 9.17) is 21.1 Å². The number of phenolic OH excluding ortho intramolecular Hbond substituents is 2. The molecule has 30 heavy (non-hydrogen) atoms. The van der Waals surface area contributed by atoms with E-state index in [1.807, 2.05) is 42.5 Å². The summed E-state index contributed by atoms with van der Waals surface area (Å²) in [4.78, 5) is 0. The molecule has 0 saturated carbocycles. The number of hydrogen-bond acceptors (Lipinski definition) is 5. The zero-order chi connectivity index (χ0) is 21.3. The van der Waals surface area contributed by atoms with Crippen molar-refractivity contribution in [1.82, 2.24) is 10.2 Å². The molecule has 0 radical (unpaired) electrons.